The molecule has 8 unspecified atom stereocenters. The maximum absolute atomic E-state index is 13.5. The van der Waals surface area contributed by atoms with Crippen LogP contribution in [0.3, 0.4) is 0 Å². The lowest BCUT2D eigenvalue weighted by molar-refractivity contribution is -0.148. The lowest BCUT2D eigenvalue weighted by Crippen LogP contribution is -2.62. The van der Waals surface area contributed by atoms with Crippen molar-refractivity contribution in [3.63, 3.8) is 0 Å². The number of halogens is 1. The molecule has 166 valence electrons. The van der Waals surface area contributed by atoms with Gasteiger partial charge in [-0.15, -0.1) is 0 Å². The number of alkyl halides is 1. The average molecular weight is 466 g/mol. The van der Waals surface area contributed by atoms with Gasteiger partial charge in [-0.1, -0.05) is 82.7 Å². The fraction of sp³-hybridized carbons (Fsp3) is 0.963. The van der Waals surface area contributed by atoms with Gasteiger partial charge in [0.15, 0.2) is 0 Å². The lowest BCUT2D eigenvalue weighted by Gasteiger charge is -2.63. The molecule has 0 amide bonds. The second kappa shape index (κ2) is 7.93. The predicted molar refractivity (Wildman–Crippen MR) is 126 cm³/mol. The molecule has 4 fully saturated rings. The number of ketones is 1. The van der Waals surface area contributed by atoms with E-state index < -0.39 is 0 Å². The minimum absolute atomic E-state index is 0.188. The Kier molecular flexibility index (Phi) is 6.11. The Labute approximate surface area is 188 Å². The topological polar surface area (TPSA) is 17.1 Å². The first-order valence-electron chi connectivity index (χ1n) is 12.9. The van der Waals surface area contributed by atoms with Crippen molar-refractivity contribution in [2.75, 3.05) is 0 Å². The van der Waals surface area contributed by atoms with Crippen LogP contribution in [-0.4, -0.2) is 10.1 Å². The van der Waals surface area contributed by atoms with E-state index in [9.17, 15) is 4.79 Å². The molecule has 2 heteroatoms. The van der Waals surface area contributed by atoms with Gasteiger partial charge in [-0.2, -0.15) is 0 Å². The van der Waals surface area contributed by atoms with Gasteiger partial charge in [0.05, 0.1) is 4.32 Å². The van der Waals surface area contributed by atoms with Crippen LogP contribution in [0.4, 0.5) is 0 Å². The molecule has 0 aromatic rings. The first-order chi connectivity index (χ1) is 13.6. The summed E-state index contributed by atoms with van der Waals surface area (Å²) < 4.78 is -0.213. The summed E-state index contributed by atoms with van der Waals surface area (Å²) in [4.78, 5) is 13.5. The zero-order chi connectivity index (χ0) is 21.0. The molecule has 0 aliphatic heterocycles. The van der Waals surface area contributed by atoms with Crippen molar-refractivity contribution in [2.24, 2.45) is 46.3 Å². The van der Waals surface area contributed by atoms with E-state index in [0.717, 1.165) is 42.4 Å². The third-order valence-corrected chi connectivity index (χ3v) is 12.4. The molecule has 4 rings (SSSR count). The second-order valence-electron chi connectivity index (χ2n) is 12.5. The van der Waals surface area contributed by atoms with Crippen molar-refractivity contribution >= 4 is 21.7 Å². The van der Waals surface area contributed by atoms with Gasteiger partial charge in [-0.05, 0) is 84.9 Å². The molecule has 0 radical (unpaired) electrons. The summed E-state index contributed by atoms with van der Waals surface area (Å²) in [6.45, 7) is 12.4. The standard InChI is InChI=1S/C27H45BrO/c1-18(2)9-8-10-19(3)21-11-12-22-20-17-24(29)27(28)15-7-6-14-26(27,5)23(20)13-16-25(21,22)4/h18-23H,6-17H2,1-5H3. The molecular formula is C27H45BrO. The summed E-state index contributed by atoms with van der Waals surface area (Å²) in [5.41, 5.74) is 0.670. The summed E-state index contributed by atoms with van der Waals surface area (Å²) in [5, 5.41) is 0. The number of fused-ring (bicyclic) bond motifs is 5. The maximum Gasteiger partial charge on any atom is 0.150 e. The van der Waals surface area contributed by atoms with Crippen LogP contribution < -0.4 is 0 Å². The quantitative estimate of drug-likeness (QED) is 0.374. The number of carbonyl (C=O) groups is 1. The van der Waals surface area contributed by atoms with E-state index in [1.54, 1.807) is 0 Å². The molecule has 1 nitrogen and oxygen atoms in total. The maximum atomic E-state index is 13.5. The highest BCUT2D eigenvalue weighted by molar-refractivity contribution is 9.10. The van der Waals surface area contributed by atoms with E-state index in [4.69, 9.17) is 0 Å². The smallest absolute Gasteiger partial charge is 0.150 e. The highest BCUT2D eigenvalue weighted by atomic mass is 79.9. The van der Waals surface area contributed by atoms with E-state index in [0.29, 0.717) is 17.1 Å². The van der Waals surface area contributed by atoms with Crippen LogP contribution in [0.25, 0.3) is 0 Å². The minimum Gasteiger partial charge on any atom is -0.298 e. The Hall–Kier alpha value is 0.150. The Bertz CT molecular complexity index is 628. The Morgan fingerprint density at radius 2 is 1.69 bits per heavy atom. The molecule has 0 bridgehead atoms. The molecule has 29 heavy (non-hydrogen) atoms. The average Bonchev–Trinajstić information content (AvgIpc) is 3.01. The monoisotopic (exact) mass is 464 g/mol. The zero-order valence-electron chi connectivity index (χ0n) is 19.7. The van der Waals surface area contributed by atoms with E-state index in [1.165, 1.54) is 64.2 Å². The summed E-state index contributed by atoms with van der Waals surface area (Å²) in [6.07, 6.45) is 15.5. The first-order valence-corrected chi connectivity index (χ1v) is 13.6. The normalized spacial score (nSPS) is 48.2. The molecule has 0 spiro atoms. The Morgan fingerprint density at radius 3 is 2.41 bits per heavy atom. The van der Waals surface area contributed by atoms with E-state index in [2.05, 4.69) is 50.5 Å². The molecule has 0 N–H and O–H groups in total. The van der Waals surface area contributed by atoms with Crippen LogP contribution in [0.2, 0.25) is 0 Å². The van der Waals surface area contributed by atoms with Crippen molar-refractivity contribution in [1.29, 1.82) is 0 Å². The Morgan fingerprint density at radius 1 is 0.966 bits per heavy atom. The van der Waals surface area contributed by atoms with Crippen LogP contribution >= 0.6 is 15.9 Å². The van der Waals surface area contributed by atoms with Crippen molar-refractivity contribution in [3.8, 4) is 0 Å². The summed E-state index contributed by atoms with van der Waals surface area (Å²) in [7, 11) is 0. The largest absolute Gasteiger partial charge is 0.298 e. The van der Waals surface area contributed by atoms with Crippen molar-refractivity contribution < 1.29 is 4.79 Å². The van der Waals surface area contributed by atoms with Crippen LogP contribution in [0, 0.1) is 46.3 Å². The van der Waals surface area contributed by atoms with Gasteiger partial charge < -0.3 is 0 Å². The second-order valence-corrected chi connectivity index (χ2v) is 13.8. The van der Waals surface area contributed by atoms with Gasteiger partial charge in [0, 0.05) is 6.42 Å². The van der Waals surface area contributed by atoms with Crippen LogP contribution in [0.15, 0.2) is 0 Å². The van der Waals surface area contributed by atoms with Crippen LogP contribution in [0.5, 0.6) is 0 Å². The molecule has 4 aliphatic carbocycles. The SMILES string of the molecule is CC(C)CCCC(C)C1CCC2C3CC(=O)C4(Br)CCCCC4(C)C3CCC12C. The van der Waals surface area contributed by atoms with E-state index in [-0.39, 0.29) is 9.74 Å². The van der Waals surface area contributed by atoms with Crippen LogP contribution in [-0.2, 0) is 4.79 Å². The van der Waals surface area contributed by atoms with Gasteiger partial charge in [0.1, 0.15) is 5.78 Å². The molecular weight excluding hydrogens is 420 g/mol. The molecule has 0 saturated heterocycles. The number of carbonyl (C=O) groups excluding carboxylic acids is 1. The Balaban J connectivity index is 1.53. The predicted octanol–water partition coefficient (Wildman–Crippen LogP) is 8.19. The van der Waals surface area contributed by atoms with Gasteiger partial charge in [-0.25, -0.2) is 0 Å². The van der Waals surface area contributed by atoms with Gasteiger partial charge >= 0.3 is 0 Å². The van der Waals surface area contributed by atoms with Gasteiger partial charge in [-0.3, -0.25) is 4.79 Å². The molecule has 8 atom stereocenters. The third kappa shape index (κ3) is 3.41. The summed E-state index contributed by atoms with van der Waals surface area (Å²) >= 11 is 4.07. The fourth-order valence-corrected chi connectivity index (χ4v) is 9.98. The van der Waals surface area contributed by atoms with Gasteiger partial charge in [0.2, 0.25) is 0 Å². The highest BCUT2D eigenvalue weighted by Gasteiger charge is 2.66. The first kappa shape index (κ1) is 22.3. The summed E-state index contributed by atoms with van der Waals surface area (Å²) in [6, 6.07) is 0. The fourth-order valence-electron chi connectivity index (χ4n) is 9.05. The molecule has 4 aliphatic rings. The van der Waals surface area contributed by atoms with Crippen LogP contribution in [0.1, 0.15) is 112 Å². The van der Waals surface area contributed by atoms with E-state index in [1.807, 2.05) is 0 Å². The van der Waals surface area contributed by atoms with Crippen molar-refractivity contribution in [1.82, 2.24) is 0 Å². The lowest BCUT2D eigenvalue weighted by atomic mass is 9.44. The zero-order valence-corrected chi connectivity index (χ0v) is 21.3. The highest BCUT2D eigenvalue weighted by Crippen LogP contribution is 2.70. The number of rotatable bonds is 5. The third-order valence-electron chi connectivity index (χ3n) is 10.7. The van der Waals surface area contributed by atoms with Crippen molar-refractivity contribution in [3.05, 3.63) is 0 Å². The summed E-state index contributed by atoms with van der Waals surface area (Å²) in [5.74, 6) is 5.32. The number of hydrogen-bond donors (Lipinski definition) is 0. The minimum atomic E-state index is -0.213. The number of Topliss-reactive ketones (excluding diaryl/α,β-unsaturated/α-hetero) is 1. The van der Waals surface area contributed by atoms with E-state index >= 15 is 0 Å². The molecule has 0 aromatic heterocycles. The van der Waals surface area contributed by atoms with Crippen molar-refractivity contribution in [2.45, 2.75) is 116 Å². The molecule has 0 aromatic carbocycles. The van der Waals surface area contributed by atoms with Gasteiger partial charge in [0.25, 0.3) is 0 Å². The number of hydrogen-bond acceptors (Lipinski definition) is 1. The molecule has 0 heterocycles. The molecule has 4 saturated carbocycles.